The molecule has 0 atom stereocenters. The van der Waals surface area contributed by atoms with Crippen molar-refractivity contribution in [2.75, 3.05) is 18.8 Å². The van der Waals surface area contributed by atoms with Gasteiger partial charge in [-0.2, -0.15) is 0 Å². The summed E-state index contributed by atoms with van der Waals surface area (Å²) < 4.78 is 26.5. The first-order chi connectivity index (χ1) is 9.55. The third-order valence-electron chi connectivity index (χ3n) is 4.61. The van der Waals surface area contributed by atoms with E-state index in [0.29, 0.717) is 19.0 Å². The van der Waals surface area contributed by atoms with Crippen LogP contribution in [0, 0.1) is 11.8 Å². The zero-order valence-electron chi connectivity index (χ0n) is 12.7. The van der Waals surface area contributed by atoms with Gasteiger partial charge >= 0.3 is 0 Å². The van der Waals surface area contributed by atoms with Gasteiger partial charge in [-0.15, -0.1) is 0 Å². The van der Waals surface area contributed by atoms with Crippen LogP contribution in [0.5, 0.6) is 0 Å². The van der Waals surface area contributed by atoms with Crippen LogP contribution < -0.4 is 10.0 Å². The van der Waals surface area contributed by atoms with Crippen LogP contribution in [-0.2, 0) is 10.0 Å². The third-order valence-corrected chi connectivity index (χ3v) is 6.08. The van der Waals surface area contributed by atoms with E-state index in [1.807, 2.05) is 0 Å². The molecule has 2 saturated carbocycles. The van der Waals surface area contributed by atoms with E-state index in [4.69, 9.17) is 0 Å². The monoisotopic (exact) mass is 302 g/mol. The van der Waals surface area contributed by atoms with Crippen molar-refractivity contribution >= 4 is 10.0 Å². The summed E-state index contributed by atoms with van der Waals surface area (Å²) in [5, 5.41) is 3.35. The largest absolute Gasteiger partial charge is 0.314 e. The van der Waals surface area contributed by atoms with Gasteiger partial charge in [0.05, 0.1) is 5.75 Å². The highest BCUT2D eigenvalue weighted by Crippen LogP contribution is 2.29. The van der Waals surface area contributed by atoms with E-state index in [-0.39, 0.29) is 5.75 Å². The highest BCUT2D eigenvalue weighted by Gasteiger charge is 2.21. The molecule has 2 N–H and O–H groups in total. The van der Waals surface area contributed by atoms with Gasteiger partial charge in [-0.3, -0.25) is 0 Å². The number of rotatable bonds is 9. The molecule has 0 unspecified atom stereocenters. The predicted octanol–water partition coefficient (Wildman–Crippen LogP) is 2.26. The lowest BCUT2D eigenvalue weighted by Gasteiger charge is -2.26. The Labute approximate surface area is 124 Å². The molecule has 5 heteroatoms. The third kappa shape index (κ3) is 6.55. The molecule has 0 aliphatic heterocycles. The molecule has 2 aliphatic carbocycles. The summed E-state index contributed by atoms with van der Waals surface area (Å²) in [6.07, 6.45) is 9.39. The van der Waals surface area contributed by atoms with E-state index in [1.165, 1.54) is 38.5 Å². The summed E-state index contributed by atoms with van der Waals surface area (Å²) in [7, 11) is -3.06. The summed E-state index contributed by atoms with van der Waals surface area (Å²) in [6.45, 7) is 3.76. The maximum Gasteiger partial charge on any atom is 0.211 e. The maximum absolute atomic E-state index is 11.8. The van der Waals surface area contributed by atoms with Gasteiger partial charge in [0.25, 0.3) is 0 Å². The normalized spacial score (nSPS) is 27.6. The number of hydrogen-bond donors (Lipinski definition) is 2. The zero-order chi connectivity index (χ0) is 14.4. The Balaban J connectivity index is 1.52. The average Bonchev–Trinajstić information content (AvgIpc) is 3.21. The van der Waals surface area contributed by atoms with E-state index in [0.717, 1.165) is 24.8 Å². The van der Waals surface area contributed by atoms with Crippen LogP contribution in [0.3, 0.4) is 0 Å². The van der Waals surface area contributed by atoms with Gasteiger partial charge in [0.2, 0.25) is 10.0 Å². The molecule has 0 aromatic rings. The summed E-state index contributed by atoms with van der Waals surface area (Å²) in [5.74, 6) is 1.85. The van der Waals surface area contributed by atoms with Crippen molar-refractivity contribution in [3.8, 4) is 0 Å². The quantitative estimate of drug-likeness (QED) is 0.642. The fourth-order valence-corrected chi connectivity index (χ4v) is 4.06. The molecule has 0 spiro atoms. The minimum Gasteiger partial charge on any atom is -0.314 e. The molecule has 0 aromatic carbocycles. The lowest BCUT2D eigenvalue weighted by Crippen LogP contribution is -2.30. The van der Waals surface area contributed by atoms with E-state index in [9.17, 15) is 8.42 Å². The maximum atomic E-state index is 11.8. The lowest BCUT2D eigenvalue weighted by atomic mass is 9.81. The smallest absolute Gasteiger partial charge is 0.211 e. The molecule has 0 heterocycles. The van der Waals surface area contributed by atoms with Gasteiger partial charge in [0.15, 0.2) is 0 Å². The average molecular weight is 302 g/mol. The summed E-state index contributed by atoms with van der Waals surface area (Å²) in [6, 6.07) is 0.666. The molecule has 0 bridgehead atoms. The van der Waals surface area contributed by atoms with Gasteiger partial charge in [-0.05, 0) is 44.1 Å². The van der Waals surface area contributed by atoms with Crippen LogP contribution in [0.2, 0.25) is 0 Å². The molecule has 20 heavy (non-hydrogen) atoms. The Morgan fingerprint density at radius 2 is 1.70 bits per heavy atom. The Hall–Kier alpha value is -0.130. The molecule has 0 radical (unpaired) electrons. The standard InChI is InChI=1S/C15H30N2O2S/c1-13-3-5-14(6-4-13)9-11-17-20(18,19)12-2-10-16-15-7-8-15/h13-17H,2-12H2,1H3. The first-order valence-electron chi connectivity index (χ1n) is 8.26. The van der Waals surface area contributed by atoms with Crippen molar-refractivity contribution in [1.82, 2.24) is 10.0 Å². The fourth-order valence-electron chi connectivity index (χ4n) is 2.96. The Morgan fingerprint density at radius 3 is 2.35 bits per heavy atom. The van der Waals surface area contributed by atoms with Crippen LogP contribution in [-0.4, -0.2) is 33.3 Å². The molecular weight excluding hydrogens is 272 g/mol. The second-order valence-electron chi connectivity index (χ2n) is 6.71. The van der Waals surface area contributed by atoms with E-state index in [1.54, 1.807) is 0 Å². The highest BCUT2D eigenvalue weighted by molar-refractivity contribution is 7.89. The van der Waals surface area contributed by atoms with Gasteiger partial charge in [0, 0.05) is 12.6 Å². The van der Waals surface area contributed by atoms with Crippen molar-refractivity contribution in [2.24, 2.45) is 11.8 Å². The zero-order valence-corrected chi connectivity index (χ0v) is 13.6. The minimum absolute atomic E-state index is 0.258. The van der Waals surface area contributed by atoms with Crippen LogP contribution in [0.25, 0.3) is 0 Å². The fraction of sp³-hybridized carbons (Fsp3) is 1.00. The molecule has 2 aliphatic rings. The summed E-state index contributed by atoms with van der Waals surface area (Å²) in [4.78, 5) is 0. The molecular formula is C15H30N2O2S. The molecule has 2 fully saturated rings. The second kappa shape index (κ2) is 7.76. The van der Waals surface area contributed by atoms with Crippen molar-refractivity contribution in [2.45, 2.75) is 64.3 Å². The van der Waals surface area contributed by atoms with Gasteiger partial charge in [-0.25, -0.2) is 13.1 Å². The van der Waals surface area contributed by atoms with Gasteiger partial charge in [-0.1, -0.05) is 32.6 Å². The summed E-state index contributed by atoms with van der Waals surface area (Å²) >= 11 is 0. The minimum atomic E-state index is -3.06. The molecule has 0 amide bonds. The van der Waals surface area contributed by atoms with Gasteiger partial charge in [0.1, 0.15) is 0 Å². The van der Waals surface area contributed by atoms with Crippen molar-refractivity contribution in [3.05, 3.63) is 0 Å². The first-order valence-corrected chi connectivity index (χ1v) is 9.91. The highest BCUT2D eigenvalue weighted by atomic mass is 32.2. The lowest BCUT2D eigenvalue weighted by molar-refractivity contribution is 0.278. The molecule has 2 rings (SSSR count). The van der Waals surface area contributed by atoms with Crippen LogP contribution in [0.15, 0.2) is 0 Å². The van der Waals surface area contributed by atoms with E-state index >= 15 is 0 Å². The molecule has 0 aromatic heterocycles. The first kappa shape index (κ1) is 16.2. The van der Waals surface area contributed by atoms with E-state index < -0.39 is 10.0 Å². The summed E-state index contributed by atoms with van der Waals surface area (Å²) in [5.41, 5.74) is 0. The predicted molar refractivity (Wildman–Crippen MR) is 83.2 cm³/mol. The van der Waals surface area contributed by atoms with Crippen molar-refractivity contribution < 1.29 is 8.42 Å². The number of nitrogens with one attached hydrogen (secondary N) is 2. The Kier molecular flexibility index (Phi) is 6.30. The van der Waals surface area contributed by atoms with Crippen molar-refractivity contribution in [1.29, 1.82) is 0 Å². The topological polar surface area (TPSA) is 58.2 Å². The molecule has 118 valence electrons. The SMILES string of the molecule is CC1CCC(CCNS(=O)(=O)CCCNC2CC2)CC1. The molecule has 0 saturated heterocycles. The molecule has 4 nitrogen and oxygen atoms in total. The number of sulfonamides is 1. The Morgan fingerprint density at radius 1 is 1.00 bits per heavy atom. The Bertz CT molecular complexity index is 371. The van der Waals surface area contributed by atoms with Crippen molar-refractivity contribution in [3.63, 3.8) is 0 Å². The second-order valence-corrected chi connectivity index (χ2v) is 8.64. The van der Waals surface area contributed by atoms with Crippen LogP contribution in [0.1, 0.15) is 58.3 Å². The number of hydrogen-bond acceptors (Lipinski definition) is 3. The van der Waals surface area contributed by atoms with E-state index in [2.05, 4.69) is 17.0 Å². The van der Waals surface area contributed by atoms with Crippen LogP contribution >= 0.6 is 0 Å². The van der Waals surface area contributed by atoms with Crippen LogP contribution in [0.4, 0.5) is 0 Å². The van der Waals surface area contributed by atoms with Gasteiger partial charge < -0.3 is 5.32 Å².